The first-order valence-corrected chi connectivity index (χ1v) is 9.26. The number of carbonyl (C=O) groups is 1. The quantitative estimate of drug-likeness (QED) is 0.875. The van der Waals surface area contributed by atoms with Gasteiger partial charge in [0.15, 0.2) is 0 Å². The minimum Gasteiger partial charge on any atom is -0.497 e. The summed E-state index contributed by atoms with van der Waals surface area (Å²) in [6.45, 7) is 5.15. The molecule has 0 spiro atoms. The predicted molar refractivity (Wildman–Crippen MR) is 108 cm³/mol. The number of carbonyl (C=O) groups excluding carboxylic acids is 1. The highest BCUT2D eigenvalue weighted by molar-refractivity contribution is 5.91. The highest BCUT2D eigenvalue weighted by Gasteiger charge is 2.22. The molecule has 3 rings (SSSR count). The zero-order valence-electron chi connectivity index (χ0n) is 16.2. The second-order valence-electron chi connectivity index (χ2n) is 6.49. The van der Waals surface area contributed by atoms with E-state index in [0.29, 0.717) is 30.3 Å². The van der Waals surface area contributed by atoms with E-state index in [0.717, 1.165) is 19.5 Å². The van der Waals surface area contributed by atoms with Crippen LogP contribution in [0.5, 0.6) is 11.5 Å². The zero-order valence-corrected chi connectivity index (χ0v) is 16.2. The van der Waals surface area contributed by atoms with Gasteiger partial charge in [0.1, 0.15) is 11.5 Å². The van der Waals surface area contributed by atoms with Gasteiger partial charge in [0.05, 0.1) is 19.9 Å². The molecule has 1 saturated heterocycles. The molecular weight excluding hydrogens is 342 g/mol. The number of benzene rings is 2. The van der Waals surface area contributed by atoms with Crippen LogP contribution in [0.15, 0.2) is 42.5 Å². The number of hydrogen-bond donors (Lipinski definition) is 1. The molecule has 0 bridgehead atoms. The Kier molecular flexibility index (Phi) is 6.06. The van der Waals surface area contributed by atoms with Crippen LogP contribution in [0.1, 0.15) is 12.5 Å². The third-order valence-corrected chi connectivity index (χ3v) is 4.93. The monoisotopic (exact) mass is 369 g/mol. The van der Waals surface area contributed by atoms with Gasteiger partial charge in [0, 0.05) is 37.9 Å². The minimum atomic E-state index is -0.112. The largest absolute Gasteiger partial charge is 0.497 e. The first kappa shape index (κ1) is 18.9. The molecule has 2 amide bonds. The Morgan fingerprint density at radius 3 is 2.30 bits per heavy atom. The van der Waals surface area contributed by atoms with Gasteiger partial charge in [-0.25, -0.2) is 4.79 Å². The van der Waals surface area contributed by atoms with Crippen molar-refractivity contribution in [2.45, 2.75) is 13.3 Å². The molecular formula is C21H27N3O3. The lowest BCUT2D eigenvalue weighted by Crippen LogP contribution is -2.50. The number of ether oxygens (including phenoxy) is 2. The number of methoxy groups -OCH3 is 2. The van der Waals surface area contributed by atoms with Crippen LogP contribution in [-0.4, -0.2) is 51.3 Å². The van der Waals surface area contributed by atoms with E-state index in [-0.39, 0.29) is 6.03 Å². The van der Waals surface area contributed by atoms with Crippen LogP contribution >= 0.6 is 0 Å². The molecule has 1 fully saturated rings. The molecule has 1 N–H and O–H groups in total. The van der Waals surface area contributed by atoms with Gasteiger partial charge in [-0.3, -0.25) is 0 Å². The van der Waals surface area contributed by atoms with E-state index in [1.807, 2.05) is 4.90 Å². The average Bonchev–Trinajstić information content (AvgIpc) is 2.74. The molecule has 144 valence electrons. The van der Waals surface area contributed by atoms with Gasteiger partial charge >= 0.3 is 6.03 Å². The molecule has 1 heterocycles. The summed E-state index contributed by atoms with van der Waals surface area (Å²) >= 11 is 0. The standard InChI is InChI=1S/C21H27N3O3/c1-4-16-5-7-17(8-6-16)23-11-13-24(14-12-23)21(25)22-19-10-9-18(26-2)15-20(19)27-3/h5-10,15H,4,11-14H2,1-3H3,(H,22,25). The van der Waals surface area contributed by atoms with Crippen molar-refractivity contribution in [3.05, 3.63) is 48.0 Å². The second-order valence-corrected chi connectivity index (χ2v) is 6.49. The molecule has 27 heavy (non-hydrogen) atoms. The SMILES string of the molecule is CCc1ccc(N2CCN(C(=O)Nc3ccc(OC)cc3OC)CC2)cc1. The molecule has 1 aliphatic heterocycles. The Morgan fingerprint density at radius 2 is 1.70 bits per heavy atom. The molecule has 2 aromatic rings. The van der Waals surface area contributed by atoms with Crippen LogP contribution in [0, 0.1) is 0 Å². The van der Waals surface area contributed by atoms with E-state index in [4.69, 9.17) is 9.47 Å². The summed E-state index contributed by atoms with van der Waals surface area (Å²) in [5.74, 6) is 1.27. The third-order valence-electron chi connectivity index (χ3n) is 4.93. The number of piperazine rings is 1. The number of urea groups is 1. The van der Waals surface area contributed by atoms with E-state index in [2.05, 4.69) is 41.4 Å². The van der Waals surface area contributed by atoms with Gasteiger partial charge in [0.25, 0.3) is 0 Å². The van der Waals surface area contributed by atoms with Crippen molar-refractivity contribution >= 4 is 17.4 Å². The first-order chi connectivity index (χ1) is 13.1. The van der Waals surface area contributed by atoms with Gasteiger partial charge < -0.3 is 24.6 Å². The molecule has 1 aliphatic rings. The predicted octanol–water partition coefficient (Wildman–Crippen LogP) is 3.62. The maximum Gasteiger partial charge on any atom is 0.322 e. The first-order valence-electron chi connectivity index (χ1n) is 9.26. The number of amides is 2. The minimum absolute atomic E-state index is 0.112. The molecule has 0 aromatic heterocycles. The Hall–Kier alpha value is -2.89. The molecule has 0 aliphatic carbocycles. The fourth-order valence-corrected chi connectivity index (χ4v) is 3.21. The van der Waals surface area contributed by atoms with Crippen LogP contribution in [0.4, 0.5) is 16.2 Å². The molecule has 0 saturated carbocycles. The van der Waals surface area contributed by atoms with Crippen molar-refractivity contribution < 1.29 is 14.3 Å². The van der Waals surface area contributed by atoms with Crippen molar-refractivity contribution in [3.8, 4) is 11.5 Å². The van der Waals surface area contributed by atoms with Crippen LogP contribution in [0.25, 0.3) is 0 Å². The smallest absolute Gasteiger partial charge is 0.322 e. The summed E-state index contributed by atoms with van der Waals surface area (Å²) in [7, 11) is 3.18. The van der Waals surface area contributed by atoms with Gasteiger partial charge in [-0.1, -0.05) is 19.1 Å². The molecule has 0 radical (unpaired) electrons. The Morgan fingerprint density at radius 1 is 1.00 bits per heavy atom. The Labute approximate surface area is 160 Å². The van der Waals surface area contributed by atoms with Crippen LogP contribution in [-0.2, 0) is 6.42 Å². The number of anilines is 2. The number of rotatable bonds is 5. The van der Waals surface area contributed by atoms with E-state index in [1.54, 1.807) is 32.4 Å². The van der Waals surface area contributed by atoms with Crippen molar-refractivity contribution in [1.82, 2.24) is 4.90 Å². The fraction of sp³-hybridized carbons (Fsp3) is 0.381. The third kappa shape index (κ3) is 4.45. The highest BCUT2D eigenvalue weighted by atomic mass is 16.5. The molecule has 0 atom stereocenters. The number of aryl methyl sites for hydroxylation is 1. The van der Waals surface area contributed by atoms with Crippen molar-refractivity contribution in [2.75, 3.05) is 50.6 Å². The number of nitrogens with zero attached hydrogens (tertiary/aromatic N) is 2. The normalized spacial score (nSPS) is 14.0. The Balaban J connectivity index is 1.58. The van der Waals surface area contributed by atoms with Gasteiger partial charge in [-0.2, -0.15) is 0 Å². The fourth-order valence-electron chi connectivity index (χ4n) is 3.21. The molecule has 2 aromatic carbocycles. The topological polar surface area (TPSA) is 54.0 Å². The summed E-state index contributed by atoms with van der Waals surface area (Å²) in [6.07, 6.45) is 1.04. The maximum atomic E-state index is 12.6. The van der Waals surface area contributed by atoms with Gasteiger partial charge in [-0.05, 0) is 36.2 Å². The van der Waals surface area contributed by atoms with Crippen molar-refractivity contribution in [1.29, 1.82) is 0 Å². The lowest BCUT2D eigenvalue weighted by Gasteiger charge is -2.36. The van der Waals surface area contributed by atoms with Crippen LogP contribution < -0.4 is 19.7 Å². The highest BCUT2D eigenvalue weighted by Crippen LogP contribution is 2.29. The van der Waals surface area contributed by atoms with Crippen LogP contribution in [0.3, 0.4) is 0 Å². The summed E-state index contributed by atoms with van der Waals surface area (Å²) in [5, 5.41) is 2.94. The molecule has 6 nitrogen and oxygen atoms in total. The van der Waals surface area contributed by atoms with Gasteiger partial charge in [0.2, 0.25) is 0 Å². The zero-order chi connectivity index (χ0) is 19.2. The summed E-state index contributed by atoms with van der Waals surface area (Å²) in [4.78, 5) is 16.8. The maximum absolute atomic E-state index is 12.6. The van der Waals surface area contributed by atoms with E-state index >= 15 is 0 Å². The average molecular weight is 369 g/mol. The summed E-state index contributed by atoms with van der Waals surface area (Å²) < 4.78 is 10.5. The van der Waals surface area contributed by atoms with Crippen molar-refractivity contribution in [3.63, 3.8) is 0 Å². The van der Waals surface area contributed by atoms with Crippen LogP contribution in [0.2, 0.25) is 0 Å². The summed E-state index contributed by atoms with van der Waals surface area (Å²) in [5.41, 5.74) is 3.19. The van der Waals surface area contributed by atoms with Crippen molar-refractivity contribution in [2.24, 2.45) is 0 Å². The number of hydrogen-bond acceptors (Lipinski definition) is 4. The second kappa shape index (κ2) is 8.66. The van der Waals surface area contributed by atoms with E-state index < -0.39 is 0 Å². The summed E-state index contributed by atoms with van der Waals surface area (Å²) in [6, 6.07) is 13.9. The Bertz CT molecular complexity index is 769. The van der Waals surface area contributed by atoms with E-state index in [1.165, 1.54) is 11.3 Å². The van der Waals surface area contributed by atoms with E-state index in [9.17, 15) is 4.79 Å². The lowest BCUT2D eigenvalue weighted by atomic mass is 10.1. The number of nitrogens with one attached hydrogen (secondary N) is 1. The molecule has 6 heteroatoms. The van der Waals surface area contributed by atoms with Gasteiger partial charge in [-0.15, -0.1) is 0 Å². The lowest BCUT2D eigenvalue weighted by molar-refractivity contribution is 0.208. The molecule has 0 unspecified atom stereocenters.